The lowest BCUT2D eigenvalue weighted by Gasteiger charge is -2.10. The van der Waals surface area contributed by atoms with Gasteiger partial charge in [0.25, 0.3) is 11.2 Å². The second kappa shape index (κ2) is 7.30. The van der Waals surface area contributed by atoms with Gasteiger partial charge in [0.15, 0.2) is 5.69 Å². The molecule has 3 rings (SSSR count). The fraction of sp³-hybridized carbons (Fsp3) is 0.105. The second-order valence-corrected chi connectivity index (χ2v) is 5.94. The van der Waals surface area contributed by atoms with Crippen molar-refractivity contribution < 1.29 is 14.8 Å². The van der Waals surface area contributed by atoms with Gasteiger partial charge in [-0.2, -0.15) is 0 Å². The van der Waals surface area contributed by atoms with E-state index in [0.717, 1.165) is 11.6 Å². The molecule has 0 saturated heterocycles. The Bertz CT molecular complexity index is 1120. The van der Waals surface area contributed by atoms with Gasteiger partial charge in [0.1, 0.15) is 6.10 Å². The smallest absolute Gasteiger partial charge is 0.278 e. The van der Waals surface area contributed by atoms with E-state index in [-0.39, 0.29) is 16.7 Å². The van der Waals surface area contributed by atoms with E-state index in [4.69, 9.17) is 0 Å². The predicted octanol–water partition coefficient (Wildman–Crippen LogP) is 2.48. The van der Waals surface area contributed by atoms with Crippen LogP contribution in [0.15, 0.2) is 58.9 Å². The van der Waals surface area contributed by atoms with E-state index < -0.39 is 28.1 Å². The van der Waals surface area contributed by atoms with Gasteiger partial charge >= 0.3 is 0 Å². The topological polar surface area (TPSA) is 126 Å². The van der Waals surface area contributed by atoms with Gasteiger partial charge < -0.3 is 10.1 Å². The first-order valence-electron chi connectivity index (χ1n) is 8.01. The third kappa shape index (κ3) is 3.80. The maximum absolute atomic E-state index is 12.5. The minimum absolute atomic E-state index is 0.136. The average molecular weight is 365 g/mol. The number of nitro benzene ring substituents is 1. The number of aliphatic hydroxyl groups excluding tert-OH is 1. The van der Waals surface area contributed by atoms with Crippen molar-refractivity contribution in [2.75, 3.05) is 0 Å². The summed E-state index contributed by atoms with van der Waals surface area (Å²) in [5, 5.41) is 21.1. The average Bonchev–Trinajstić information content (AvgIpc) is 2.66. The molecule has 0 amide bonds. The van der Waals surface area contributed by atoms with Gasteiger partial charge in [0, 0.05) is 12.1 Å². The van der Waals surface area contributed by atoms with Crippen LogP contribution in [0.2, 0.25) is 0 Å². The second-order valence-electron chi connectivity index (χ2n) is 5.94. The van der Waals surface area contributed by atoms with Crippen LogP contribution in [-0.2, 0) is 0 Å². The highest BCUT2D eigenvalue weighted by Crippen LogP contribution is 2.18. The van der Waals surface area contributed by atoms with Crippen molar-refractivity contribution >= 4 is 28.6 Å². The van der Waals surface area contributed by atoms with E-state index in [1.54, 1.807) is 13.0 Å². The van der Waals surface area contributed by atoms with Gasteiger partial charge in [-0.3, -0.25) is 19.7 Å². The maximum atomic E-state index is 12.5. The highest BCUT2D eigenvalue weighted by molar-refractivity contribution is 6.01. The molecule has 1 aromatic heterocycles. The Labute approximate surface area is 153 Å². The Morgan fingerprint density at radius 1 is 1.26 bits per heavy atom. The molecule has 0 unspecified atom stereocenters. The number of hydrogen-bond acceptors (Lipinski definition) is 6. The van der Waals surface area contributed by atoms with Crippen molar-refractivity contribution in [3.05, 3.63) is 85.8 Å². The van der Waals surface area contributed by atoms with Crippen LogP contribution in [0.1, 0.15) is 23.0 Å². The number of aromatic amines is 1. The van der Waals surface area contributed by atoms with Crippen molar-refractivity contribution in [3.8, 4) is 0 Å². The standard InChI is InChI=1S/C19H15N3O5/c1-11(9-12-5-3-2-4-6-12)17(23)18(24)16-19(25)21-15-10-13(22(26)27)7-8-14(15)20-16/h2-10,17,23H,1H3,(H,21,25)/b11-9+/t17-/m1/s1. The molecule has 27 heavy (non-hydrogen) atoms. The molecule has 0 spiro atoms. The lowest BCUT2D eigenvalue weighted by atomic mass is 10.0. The van der Waals surface area contributed by atoms with Crippen LogP contribution in [0.5, 0.6) is 0 Å². The molecule has 0 bridgehead atoms. The highest BCUT2D eigenvalue weighted by atomic mass is 16.6. The zero-order valence-electron chi connectivity index (χ0n) is 14.2. The molecule has 1 atom stereocenters. The van der Waals surface area contributed by atoms with E-state index in [9.17, 15) is 24.8 Å². The maximum Gasteiger partial charge on any atom is 0.278 e. The summed E-state index contributed by atoms with van der Waals surface area (Å²) in [6.07, 6.45) is 0.107. The molecule has 0 saturated carbocycles. The minimum Gasteiger partial charge on any atom is -0.380 e. The largest absolute Gasteiger partial charge is 0.380 e. The Morgan fingerprint density at radius 3 is 2.63 bits per heavy atom. The normalized spacial score (nSPS) is 12.7. The summed E-state index contributed by atoms with van der Waals surface area (Å²) in [4.78, 5) is 41.3. The zero-order valence-corrected chi connectivity index (χ0v) is 14.2. The van der Waals surface area contributed by atoms with E-state index in [1.807, 2.05) is 30.3 Å². The number of benzene rings is 2. The number of ketones is 1. The first kappa shape index (κ1) is 18.2. The van der Waals surface area contributed by atoms with Gasteiger partial charge in [0.05, 0.1) is 16.0 Å². The number of aliphatic hydroxyl groups is 1. The number of aromatic nitrogens is 2. The van der Waals surface area contributed by atoms with Gasteiger partial charge in [-0.15, -0.1) is 0 Å². The number of rotatable bonds is 5. The monoisotopic (exact) mass is 365 g/mol. The van der Waals surface area contributed by atoms with Crippen LogP contribution in [0, 0.1) is 10.1 Å². The summed E-state index contributed by atoms with van der Waals surface area (Å²) >= 11 is 0. The fourth-order valence-corrected chi connectivity index (χ4v) is 2.58. The number of hydrogen-bond donors (Lipinski definition) is 2. The Morgan fingerprint density at radius 2 is 1.96 bits per heavy atom. The van der Waals surface area contributed by atoms with Gasteiger partial charge in [-0.1, -0.05) is 36.4 Å². The summed E-state index contributed by atoms with van der Waals surface area (Å²) in [5.41, 5.74) is 0.0212. The van der Waals surface area contributed by atoms with Crippen molar-refractivity contribution in [1.82, 2.24) is 9.97 Å². The van der Waals surface area contributed by atoms with Crippen molar-refractivity contribution in [3.63, 3.8) is 0 Å². The van der Waals surface area contributed by atoms with Crippen LogP contribution >= 0.6 is 0 Å². The number of nitro groups is 1. The molecule has 1 heterocycles. The molecule has 0 radical (unpaired) electrons. The van der Waals surface area contributed by atoms with E-state index >= 15 is 0 Å². The van der Waals surface area contributed by atoms with Crippen LogP contribution in [-0.4, -0.2) is 31.9 Å². The Hall–Kier alpha value is -3.65. The molecule has 0 aliphatic heterocycles. The number of non-ortho nitro benzene ring substituents is 1. The van der Waals surface area contributed by atoms with Crippen molar-refractivity contribution in [2.24, 2.45) is 0 Å². The summed E-state index contributed by atoms with van der Waals surface area (Å²) < 4.78 is 0. The molecule has 0 aliphatic rings. The quantitative estimate of drug-likeness (QED) is 0.406. The summed E-state index contributed by atoms with van der Waals surface area (Å²) in [6, 6.07) is 12.8. The Kier molecular flexibility index (Phi) is 4.91. The van der Waals surface area contributed by atoms with Crippen molar-refractivity contribution in [1.29, 1.82) is 0 Å². The summed E-state index contributed by atoms with van der Waals surface area (Å²) in [7, 11) is 0. The lowest BCUT2D eigenvalue weighted by molar-refractivity contribution is -0.384. The number of carbonyl (C=O) groups excluding carboxylic acids is 1. The number of fused-ring (bicyclic) bond motifs is 1. The van der Waals surface area contributed by atoms with E-state index in [0.29, 0.717) is 5.57 Å². The molecular weight excluding hydrogens is 350 g/mol. The van der Waals surface area contributed by atoms with Crippen LogP contribution in [0.3, 0.4) is 0 Å². The molecule has 2 N–H and O–H groups in total. The predicted molar refractivity (Wildman–Crippen MR) is 99.4 cm³/mol. The molecular formula is C19H15N3O5. The van der Waals surface area contributed by atoms with Gasteiger partial charge in [-0.05, 0) is 24.1 Å². The third-order valence-corrected chi connectivity index (χ3v) is 3.99. The molecule has 8 heteroatoms. The fourth-order valence-electron chi connectivity index (χ4n) is 2.58. The lowest BCUT2D eigenvalue weighted by Crippen LogP contribution is -2.29. The first-order chi connectivity index (χ1) is 12.9. The van der Waals surface area contributed by atoms with Crippen LogP contribution < -0.4 is 5.56 Å². The number of nitrogens with one attached hydrogen (secondary N) is 1. The van der Waals surface area contributed by atoms with Crippen LogP contribution in [0.4, 0.5) is 5.69 Å². The minimum atomic E-state index is -1.53. The SMILES string of the molecule is C/C(=C\c1ccccc1)[C@@H](O)C(=O)c1nc2ccc([N+](=O)[O-])cc2[nH]c1=O. The molecule has 0 fully saturated rings. The molecule has 0 aliphatic carbocycles. The van der Waals surface area contributed by atoms with Gasteiger partial charge in [0.2, 0.25) is 5.78 Å². The number of Topliss-reactive ketones (excluding diaryl/α,β-unsaturated/α-hetero) is 1. The zero-order chi connectivity index (χ0) is 19.6. The van der Waals surface area contributed by atoms with Crippen LogP contribution in [0.25, 0.3) is 17.1 Å². The Balaban J connectivity index is 1.96. The van der Waals surface area contributed by atoms with E-state index in [1.165, 1.54) is 12.1 Å². The van der Waals surface area contributed by atoms with Crippen molar-refractivity contribution in [2.45, 2.75) is 13.0 Å². The molecule has 136 valence electrons. The van der Waals surface area contributed by atoms with E-state index in [2.05, 4.69) is 9.97 Å². The third-order valence-electron chi connectivity index (χ3n) is 3.99. The number of H-pyrrole nitrogens is 1. The number of nitrogens with zero attached hydrogens (tertiary/aromatic N) is 2. The summed E-state index contributed by atoms with van der Waals surface area (Å²) in [5.74, 6) is -0.846. The molecule has 3 aromatic rings. The summed E-state index contributed by atoms with van der Waals surface area (Å²) in [6.45, 7) is 1.58. The molecule has 8 nitrogen and oxygen atoms in total. The highest BCUT2D eigenvalue weighted by Gasteiger charge is 2.24. The first-order valence-corrected chi connectivity index (χ1v) is 8.01. The molecule has 2 aromatic carbocycles. The van der Waals surface area contributed by atoms with Gasteiger partial charge in [-0.25, -0.2) is 4.98 Å². The number of carbonyl (C=O) groups is 1.